The summed E-state index contributed by atoms with van der Waals surface area (Å²) >= 11 is 0. The van der Waals surface area contributed by atoms with E-state index in [1.807, 2.05) is 12.1 Å². The van der Waals surface area contributed by atoms with Crippen LogP contribution in [0.25, 0.3) is 0 Å². The Hall–Kier alpha value is -1.12. The molecule has 2 N–H and O–H groups in total. The summed E-state index contributed by atoms with van der Waals surface area (Å²) in [6.07, 6.45) is 4.05. The maximum Gasteiger partial charge on any atom is 0.0208 e. The zero-order chi connectivity index (χ0) is 12.5. The number of benzene rings is 1. The van der Waals surface area contributed by atoms with Crippen molar-refractivity contribution in [2.24, 2.45) is 5.73 Å². The molecule has 2 nitrogen and oxygen atoms in total. The maximum atomic E-state index is 6.19. The highest BCUT2D eigenvalue weighted by molar-refractivity contribution is 5.15. The molecule has 0 spiro atoms. The minimum absolute atomic E-state index is 0.198. The molecule has 1 aromatic carbocycles. The summed E-state index contributed by atoms with van der Waals surface area (Å²) in [5.74, 6) is 0. The molecule has 1 rings (SSSR count). The smallest absolute Gasteiger partial charge is 0.0208 e. The Morgan fingerprint density at radius 3 is 2.65 bits per heavy atom. The first-order valence-corrected chi connectivity index (χ1v) is 6.39. The number of hydrogen-bond acceptors (Lipinski definition) is 2. The quantitative estimate of drug-likeness (QED) is 0.698. The van der Waals surface area contributed by atoms with Crippen molar-refractivity contribution < 1.29 is 0 Å². The Morgan fingerprint density at radius 1 is 1.35 bits per heavy atom. The Morgan fingerprint density at radius 2 is 2.06 bits per heavy atom. The third kappa shape index (κ3) is 5.66. The van der Waals surface area contributed by atoms with Gasteiger partial charge in [-0.05, 0) is 24.9 Å². The van der Waals surface area contributed by atoms with Gasteiger partial charge < -0.3 is 5.73 Å². The molecule has 0 saturated carbocycles. The molecule has 2 heteroatoms. The van der Waals surface area contributed by atoms with E-state index in [0.29, 0.717) is 0 Å². The molecule has 0 aromatic heterocycles. The van der Waals surface area contributed by atoms with Gasteiger partial charge in [0.25, 0.3) is 0 Å². The highest BCUT2D eigenvalue weighted by Gasteiger charge is 2.09. The Balaban J connectivity index is 2.41. The van der Waals surface area contributed by atoms with Gasteiger partial charge in [0.15, 0.2) is 0 Å². The van der Waals surface area contributed by atoms with Crippen LogP contribution in [-0.4, -0.2) is 30.6 Å². The number of rotatable bonds is 8. The second kappa shape index (κ2) is 8.04. The fraction of sp³-hybridized carbons (Fsp3) is 0.467. The maximum absolute atomic E-state index is 6.19. The first-order chi connectivity index (χ1) is 8.26. The van der Waals surface area contributed by atoms with Crippen LogP contribution in [0.1, 0.15) is 18.9 Å². The first-order valence-electron chi connectivity index (χ1n) is 6.39. The predicted molar refractivity (Wildman–Crippen MR) is 75.0 cm³/mol. The summed E-state index contributed by atoms with van der Waals surface area (Å²) in [5, 5.41) is 0. The van der Waals surface area contributed by atoms with Crippen LogP contribution in [0.5, 0.6) is 0 Å². The predicted octanol–water partition coefficient (Wildman–Crippen LogP) is 2.45. The highest BCUT2D eigenvalue weighted by atomic mass is 15.1. The third-order valence-electron chi connectivity index (χ3n) is 2.76. The molecule has 0 aliphatic heterocycles. The van der Waals surface area contributed by atoms with Gasteiger partial charge in [-0.25, -0.2) is 0 Å². The van der Waals surface area contributed by atoms with Gasteiger partial charge in [-0.2, -0.15) is 0 Å². The minimum atomic E-state index is 0.198. The fourth-order valence-corrected chi connectivity index (χ4v) is 2.07. The zero-order valence-electron chi connectivity index (χ0n) is 10.8. The van der Waals surface area contributed by atoms with E-state index in [9.17, 15) is 0 Å². The lowest BCUT2D eigenvalue weighted by atomic mass is 10.1. The summed E-state index contributed by atoms with van der Waals surface area (Å²) < 4.78 is 0. The fourth-order valence-electron chi connectivity index (χ4n) is 2.07. The van der Waals surface area contributed by atoms with Crippen LogP contribution in [0.4, 0.5) is 0 Å². The topological polar surface area (TPSA) is 29.3 Å². The lowest BCUT2D eigenvalue weighted by molar-refractivity contribution is 0.282. The molecule has 1 atom stereocenters. The van der Waals surface area contributed by atoms with Crippen molar-refractivity contribution in [1.82, 2.24) is 4.90 Å². The van der Waals surface area contributed by atoms with Gasteiger partial charge in [0, 0.05) is 19.1 Å². The van der Waals surface area contributed by atoms with Gasteiger partial charge in [0.1, 0.15) is 0 Å². The molecule has 0 saturated heterocycles. The van der Waals surface area contributed by atoms with Crippen molar-refractivity contribution in [3.8, 4) is 0 Å². The molecular weight excluding hydrogens is 208 g/mol. The summed E-state index contributed by atoms with van der Waals surface area (Å²) in [6, 6.07) is 10.6. The van der Waals surface area contributed by atoms with Crippen molar-refractivity contribution in [3.05, 3.63) is 48.6 Å². The van der Waals surface area contributed by atoms with Crippen LogP contribution in [0.15, 0.2) is 43.0 Å². The van der Waals surface area contributed by atoms with Crippen molar-refractivity contribution in [2.45, 2.75) is 25.8 Å². The largest absolute Gasteiger partial charge is 0.326 e. The van der Waals surface area contributed by atoms with E-state index < -0.39 is 0 Å². The molecular formula is C15H24N2. The van der Waals surface area contributed by atoms with E-state index in [-0.39, 0.29) is 6.04 Å². The normalized spacial score (nSPS) is 12.6. The van der Waals surface area contributed by atoms with Crippen molar-refractivity contribution in [2.75, 3.05) is 19.6 Å². The average molecular weight is 232 g/mol. The Bertz CT molecular complexity index is 308. The minimum Gasteiger partial charge on any atom is -0.326 e. The van der Waals surface area contributed by atoms with Crippen LogP contribution in [-0.2, 0) is 6.42 Å². The van der Waals surface area contributed by atoms with Crippen molar-refractivity contribution >= 4 is 0 Å². The van der Waals surface area contributed by atoms with E-state index in [1.165, 1.54) is 5.56 Å². The van der Waals surface area contributed by atoms with Crippen molar-refractivity contribution in [1.29, 1.82) is 0 Å². The van der Waals surface area contributed by atoms with E-state index in [4.69, 9.17) is 5.73 Å². The van der Waals surface area contributed by atoms with Gasteiger partial charge in [-0.1, -0.05) is 43.3 Å². The molecule has 0 aliphatic rings. The highest BCUT2D eigenvalue weighted by Crippen LogP contribution is 2.03. The molecule has 0 bridgehead atoms. The Labute approximate surface area is 105 Å². The van der Waals surface area contributed by atoms with Crippen LogP contribution >= 0.6 is 0 Å². The second-order valence-electron chi connectivity index (χ2n) is 4.50. The van der Waals surface area contributed by atoms with Crippen LogP contribution in [0.3, 0.4) is 0 Å². The van der Waals surface area contributed by atoms with E-state index in [2.05, 4.69) is 42.7 Å². The summed E-state index contributed by atoms with van der Waals surface area (Å²) in [7, 11) is 0. The number of nitrogens with two attached hydrogens (primary N) is 1. The van der Waals surface area contributed by atoms with E-state index in [0.717, 1.165) is 32.5 Å². The average Bonchev–Trinajstić information content (AvgIpc) is 2.30. The lowest BCUT2D eigenvalue weighted by Crippen LogP contribution is -2.39. The van der Waals surface area contributed by atoms with Gasteiger partial charge in [-0.3, -0.25) is 4.90 Å². The molecule has 1 aromatic rings. The number of nitrogens with zero attached hydrogens (tertiary/aromatic N) is 1. The van der Waals surface area contributed by atoms with Gasteiger partial charge >= 0.3 is 0 Å². The monoisotopic (exact) mass is 232 g/mol. The molecule has 17 heavy (non-hydrogen) atoms. The molecule has 0 aliphatic carbocycles. The van der Waals surface area contributed by atoms with Crippen molar-refractivity contribution in [3.63, 3.8) is 0 Å². The summed E-state index contributed by atoms with van der Waals surface area (Å²) in [4.78, 5) is 2.36. The summed E-state index contributed by atoms with van der Waals surface area (Å²) in [6.45, 7) is 8.94. The van der Waals surface area contributed by atoms with Crippen LogP contribution < -0.4 is 5.73 Å². The summed E-state index contributed by atoms with van der Waals surface area (Å²) in [5.41, 5.74) is 7.51. The van der Waals surface area contributed by atoms with Gasteiger partial charge in [-0.15, -0.1) is 6.58 Å². The zero-order valence-corrected chi connectivity index (χ0v) is 10.8. The number of hydrogen-bond donors (Lipinski definition) is 1. The Kier molecular flexibility index (Phi) is 6.60. The van der Waals surface area contributed by atoms with Gasteiger partial charge in [0.2, 0.25) is 0 Å². The standard InChI is InChI=1S/C15H24N2/c1-3-10-17(11-4-2)13-15(16)12-14-8-6-5-7-9-14/h3,5-9,15H,1,4,10-13,16H2,2H3. The molecule has 0 amide bonds. The van der Waals surface area contributed by atoms with E-state index >= 15 is 0 Å². The molecule has 1 unspecified atom stereocenters. The molecule has 0 fully saturated rings. The van der Waals surface area contributed by atoms with Crippen LogP contribution in [0, 0.1) is 0 Å². The van der Waals surface area contributed by atoms with Crippen LogP contribution in [0.2, 0.25) is 0 Å². The second-order valence-corrected chi connectivity index (χ2v) is 4.50. The SMILES string of the molecule is C=CCN(CCC)CC(N)Cc1ccccc1. The third-order valence-corrected chi connectivity index (χ3v) is 2.76. The lowest BCUT2D eigenvalue weighted by Gasteiger charge is -2.23. The molecule has 0 heterocycles. The van der Waals surface area contributed by atoms with E-state index in [1.54, 1.807) is 0 Å². The molecule has 94 valence electrons. The first kappa shape index (κ1) is 13.9. The molecule has 0 radical (unpaired) electrons. The van der Waals surface area contributed by atoms with Gasteiger partial charge in [0.05, 0.1) is 0 Å².